The van der Waals surface area contributed by atoms with Crippen LogP contribution in [0.15, 0.2) is 18.2 Å². The monoisotopic (exact) mass is 289 g/mol. The lowest BCUT2D eigenvalue weighted by molar-refractivity contribution is -0.128. The number of Topliss-reactive ketones (excluding diaryl/α,β-unsaturated/α-hetero) is 1. The maximum absolute atomic E-state index is 12.6. The number of ketones is 1. The predicted molar refractivity (Wildman–Crippen MR) is 83.0 cm³/mol. The highest BCUT2D eigenvalue weighted by molar-refractivity contribution is 6.03. The van der Waals surface area contributed by atoms with E-state index in [1.807, 2.05) is 33.8 Å². The van der Waals surface area contributed by atoms with Crippen LogP contribution in [0.4, 0.5) is 5.69 Å². The van der Waals surface area contributed by atoms with Crippen LogP contribution in [0.5, 0.6) is 5.75 Å². The van der Waals surface area contributed by atoms with Crippen molar-refractivity contribution in [3.05, 3.63) is 23.8 Å². The van der Waals surface area contributed by atoms with Gasteiger partial charge in [0, 0.05) is 18.5 Å². The van der Waals surface area contributed by atoms with Gasteiger partial charge in [-0.1, -0.05) is 27.7 Å². The standard InChI is InChI=1S/C17H23NO3/c1-5-9-18-13-10-12(14(19)6-2)7-8-15(13)21-16(11(3)4)17(18)20/h7-8,10-11,16H,5-6,9H2,1-4H3. The zero-order valence-electron chi connectivity index (χ0n) is 13.2. The molecule has 21 heavy (non-hydrogen) atoms. The molecule has 0 radical (unpaired) electrons. The average molecular weight is 289 g/mol. The minimum absolute atomic E-state index is 0.0135. The summed E-state index contributed by atoms with van der Waals surface area (Å²) >= 11 is 0. The molecule has 1 aromatic rings. The molecular weight excluding hydrogens is 266 g/mol. The maximum Gasteiger partial charge on any atom is 0.268 e. The summed E-state index contributed by atoms with van der Waals surface area (Å²) in [5.74, 6) is 0.865. The summed E-state index contributed by atoms with van der Waals surface area (Å²) in [4.78, 5) is 26.2. The number of carbonyl (C=O) groups is 2. The molecule has 0 saturated carbocycles. The SMILES string of the molecule is CCCN1C(=O)C(C(C)C)Oc2ccc(C(=O)CC)cc21. The van der Waals surface area contributed by atoms with Crippen molar-refractivity contribution in [3.8, 4) is 5.75 Å². The van der Waals surface area contributed by atoms with Crippen LogP contribution in [0.3, 0.4) is 0 Å². The van der Waals surface area contributed by atoms with Gasteiger partial charge in [0.1, 0.15) is 5.75 Å². The second kappa shape index (κ2) is 6.29. The van der Waals surface area contributed by atoms with Gasteiger partial charge >= 0.3 is 0 Å². The summed E-state index contributed by atoms with van der Waals surface area (Å²) < 4.78 is 5.85. The lowest BCUT2D eigenvalue weighted by atomic mass is 10.0. The van der Waals surface area contributed by atoms with E-state index in [2.05, 4.69) is 0 Å². The van der Waals surface area contributed by atoms with Crippen molar-refractivity contribution >= 4 is 17.4 Å². The number of hydrogen-bond donors (Lipinski definition) is 0. The Morgan fingerprint density at radius 1 is 1.33 bits per heavy atom. The number of ether oxygens (including phenoxy) is 1. The number of hydrogen-bond acceptors (Lipinski definition) is 3. The fourth-order valence-corrected chi connectivity index (χ4v) is 2.54. The summed E-state index contributed by atoms with van der Waals surface area (Å²) in [5.41, 5.74) is 1.36. The van der Waals surface area contributed by atoms with Gasteiger partial charge in [-0.3, -0.25) is 9.59 Å². The third kappa shape index (κ3) is 2.94. The van der Waals surface area contributed by atoms with Crippen LogP contribution in [0.1, 0.15) is 50.9 Å². The van der Waals surface area contributed by atoms with Crippen molar-refractivity contribution in [2.24, 2.45) is 5.92 Å². The van der Waals surface area contributed by atoms with Crippen molar-refractivity contribution < 1.29 is 14.3 Å². The highest BCUT2D eigenvalue weighted by Gasteiger charge is 2.36. The van der Waals surface area contributed by atoms with Crippen LogP contribution in [-0.2, 0) is 4.79 Å². The Morgan fingerprint density at radius 2 is 2.05 bits per heavy atom. The normalized spacial score (nSPS) is 17.7. The van der Waals surface area contributed by atoms with E-state index in [4.69, 9.17) is 4.74 Å². The molecule has 2 rings (SSSR count). The van der Waals surface area contributed by atoms with Gasteiger partial charge in [0.15, 0.2) is 11.9 Å². The number of fused-ring (bicyclic) bond motifs is 1. The predicted octanol–water partition coefficient (Wildman–Crippen LogP) is 3.44. The van der Waals surface area contributed by atoms with Gasteiger partial charge in [-0.25, -0.2) is 0 Å². The molecule has 0 fully saturated rings. The van der Waals surface area contributed by atoms with Gasteiger partial charge in [-0.05, 0) is 30.5 Å². The van der Waals surface area contributed by atoms with Crippen LogP contribution in [0.25, 0.3) is 0 Å². The van der Waals surface area contributed by atoms with E-state index in [1.54, 1.807) is 17.0 Å². The minimum atomic E-state index is -0.447. The summed E-state index contributed by atoms with van der Waals surface area (Å²) in [6, 6.07) is 5.37. The van der Waals surface area contributed by atoms with E-state index in [0.29, 0.717) is 24.3 Å². The van der Waals surface area contributed by atoms with Crippen LogP contribution < -0.4 is 9.64 Å². The molecule has 4 nitrogen and oxygen atoms in total. The minimum Gasteiger partial charge on any atom is -0.478 e. The summed E-state index contributed by atoms with van der Waals surface area (Å²) in [6.07, 6.45) is 0.870. The summed E-state index contributed by atoms with van der Waals surface area (Å²) in [6.45, 7) is 8.47. The van der Waals surface area contributed by atoms with Crippen molar-refractivity contribution in [3.63, 3.8) is 0 Å². The Balaban J connectivity index is 2.46. The first-order valence-electron chi connectivity index (χ1n) is 7.64. The van der Waals surface area contributed by atoms with E-state index < -0.39 is 6.10 Å². The lowest BCUT2D eigenvalue weighted by Gasteiger charge is -2.36. The third-order valence-corrected chi connectivity index (χ3v) is 3.71. The van der Waals surface area contributed by atoms with Gasteiger partial charge in [0.25, 0.3) is 5.91 Å². The van der Waals surface area contributed by atoms with E-state index >= 15 is 0 Å². The number of amides is 1. The molecule has 1 aliphatic rings. The van der Waals surface area contributed by atoms with Crippen molar-refractivity contribution in [2.75, 3.05) is 11.4 Å². The Bertz CT molecular complexity index is 551. The Morgan fingerprint density at radius 3 is 2.62 bits per heavy atom. The molecule has 0 aromatic heterocycles. The van der Waals surface area contributed by atoms with Gasteiger partial charge in [0.2, 0.25) is 0 Å². The van der Waals surface area contributed by atoms with Gasteiger partial charge in [0.05, 0.1) is 5.69 Å². The molecule has 1 heterocycles. The van der Waals surface area contributed by atoms with Crippen LogP contribution in [-0.4, -0.2) is 24.3 Å². The Kier molecular flexibility index (Phi) is 4.66. The molecule has 0 bridgehead atoms. The molecule has 0 saturated heterocycles. The van der Waals surface area contributed by atoms with Crippen molar-refractivity contribution in [1.82, 2.24) is 0 Å². The van der Waals surface area contributed by atoms with E-state index in [1.165, 1.54) is 0 Å². The highest BCUT2D eigenvalue weighted by atomic mass is 16.5. The number of anilines is 1. The number of rotatable bonds is 5. The molecule has 114 valence electrons. The van der Waals surface area contributed by atoms with Crippen LogP contribution >= 0.6 is 0 Å². The number of nitrogens with zero attached hydrogens (tertiary/aromatic N) is 1. The smallest absolute Gasteiger partial charge is 0.268 e. The molecule has 1 atom stereocenters. The first-order valence-corrected chi connectivity index (χ1v) is 7.64. The van der Waals surface area contributed by atoms with E-state index in [-0.39, 0.29) is 17.6 Å². The molecular formula is C17H23NO3. The molecule has 0 N–H and O–H groups in total. The van der Waals surface area contributed by atoms with Gasteiger partial charge < -0.3 is 9.64 Å². The third-order valence-electron chi connectivity index (χ3n) is 3.71. The second-order valence-corrected chi connectivity index (χ2v) is 5.73. The topological polar surface area (TPSA) is 46.6 Å². The molecule has 0 spiro atoms. The first-order chi connectivity index (χ1) is 9.99. The molecule has 1 amide bonds. The quantitative estimate of drug-likeness (QED) is 0.780. The first kappa shape index (κ1) is 15.5. The van der Waals surface area contributed by atoms with Crippen molar-refractivity contribution in [1.29, 1.82) is 0 Å². The molecule has 1 aromatic carbocycles. The van der Waals surface area contributed by atoms with Crippen LogP contribution in [0, 0.1) is 5.92 Å². The molecule has 0 aliphatic carbocycles. The van der Waals surface area contributed by atoms with E-state index in [0.717, 1.165) is 12.1 Å². The number of benzene rings is 1. The second-order valence-electron chi connectivity index (χ2n) is 5.73. The summed E-state index contributed by atoms with van der Waals surface area (Å²) in [7, 11) is 0. The fourth-order valence-electron chi connectivity index (χ4n) is 2.54. The lowest BCUT2D eigenvalue weighted by Crippen LogP contribution is -2.48. The maximum atomic E-state index is 12.6. The number of carbonyl (C=O) groups excluding carboxylic acids is 2. The van der Waals surface area contributed by atoms with Crippen molar-refractivity contribution in [2.45, 2.75) is 46.6 Å². The largest absolute Gasteiger partial charge is 0.478 e. The highest BCUT2D eigenvalue weighted by Crippen LogP contribution is 2.36. The van der Waals surface area contributed by atoms with Gasteiger partial charge in [-0.15, -0.1) is 0 Å². The van der Waals surface area contributed by atoms with Gasteiger partial charge in [-0.2, -0.15) is 0 Å². The molecule has 1 aliphatic heterocycles. The zero-order chi connectivity index (χ0) is 15.6. The molecule has 4 heteroatoms. The van der Waals surface area contributed by atoms with E-state index in [9.17, 15) is 9.59 Å². The fraction of sp³-hybridized carbons (Fsp3) is 0.529. The van der Waals surface area contributed by atoms with Crippen LogP contribution in [0.2, 0.25) is 0 Å². The summed E-state index contributed by atoms with van der Waals surface area (Å²) in [5, 5.41) is 0. The Labute approximate surface area is 126 Å². The average Bonchev–Trinajstić information content (AvgIpc) is 2.48. The zero-order valence-corrected chi connectivity index (χ0v) is 13.2. The molecule has 1 unspecified atom stereocenters. The Hall–Kier alpha value is -1.84.